The minimum absolute atomic E-state index is 0.292. The van der Waals surface area contributed by atoms with Gasteiger partial charge in [-0.15, -0.1) is 0 Å². The summed E-state index contributed by atoms with van der Waals surface area (Å²) in [6, 6.07) is 0. The summed E-state index contributed by atoms with van der Waals surface area (Å²) in [4.78, 5) is 11.6. The maximum absolute atomic E-state index is 11.6. The molecule has 1 aliphatic rings. The smallest absolute Gasteiger partial charge is 0.161 e. The molecule has 80 valence electrons. The number of ketones is 1. The zero-order valence-corrected chi connectivity index (χ0v) is 9.05. The van der Waals surface area contributed by atoms with Crippen molar-refractivity contribution in [1.82, 2.24) is 0 Å². The third-order valence-corrected chi connectivity index (χ3v) is 2.55. The van der Waals surface area contributed by atoms with Crippen LogP contribution in [-0.4, -0.2) is 12.4 Å². The molecular weight excluding hydrogens is 176 g/mol. The summed E-state index contributed by atoms with van der Waals surface area (Å²) in [6.45, 7) is 2.95. The highest BCUT2D eigenvalue weighted by molar-refractivity contribution is 5.95. The number of ether oxygens (including phenoxy) is 1. The van der Waals surface area contributed by atoms with Gasteiger partial charge in [0.05, 0.1) is 12.9 Å². The fourth-order valence-electron chi connectivity index (χ4n) is 1.64. The van der Waals surface area contributed by atoms with Crippen molar-refractivity contribution in [2.45, 2.75) is 51.9 Å². The number of hydrogen-bond donors (Lipinski definition) is 0. The molecule has 0 bridgehead atoms. The zero-order valence-electron chi connectivity index (χ0n) is 9.05. The summed E-state index contributed by atoms with van der Waals surface area (Å²) < 4.78 is 5.15. The average Bonchev–Trinajstić information content (AvgIpc) is 2.25. The van der Waals surface area contributed by atoms with E-state index >= 15 is 0 Å². The van der Waals surface area contributed by atoms with Crippen LogP contribution in [0.1, 0.15) is 51.9 Å². The SMILES string of the molecule is CCCCCCC(=O)C1=COCCC1. The van der Waals surface area contributed by atoms with Crippen molar-refractivity contribution in [2.75, 3.05) is 6.61 Å². The summed E-state index contributed by atoms with van der Waals surface area (Å²) >= 11 is 0. The molecule has 0 aliphatic carbocycles. The first-order chi connectivity index (χ1) is 6.84. The summed E-state index contributed by atoms with van der Waals surface area (Å²) in [7, 11) is 0. The predicted octanol–water partition coefficient (Wildman–Crippen LogP) is 3.22. The van der Waals surface area contributed by atoms with Gasteiger partial charge in [-0.05, 0) is 19.3 Å². The van der Waals surface area contributed by atoms with Gasteiger partial charge < -0.3 is 4.74 Å². The molecule has 0 spiro atoms. The van der Waals surface area contributed by atoms with Crippen LogP contribution in [0.15, 0.2) is 11.8 Å². The van der Waals surface area contributed by atoms with E-state index in [0.717, 1.165) is 31.4 Å². The van der Waals surface area contributed by atoms with Gasteiger partial charge >= 0.3 is 0 Å². The molecule has 0 N–H and O–H groups in total. The molecule has 1 aliphatic heterocycles. The lowest BCUT2D eigenvalue weighted by Crippen LogP contribution is -2.08. The summed E-state index contributed by atoms with van der Waals surface area (Å²) in [6.07, 6.45) is 8.93. The van der Waals surface area contributed by atoms with Crippen molar-refractivity contribution in [3.63, 3.8) is 0 Å². The number of rotatable bonds is 6. The topological polar surface area (TPSA) is 26.3 Å². The van der Waals surface area contributed by atoms with Crippen LogP contribution in [-0.2, 0) is 9.53 Å². The fourth-order valence-corrected chi connectivity index (χ4v) is 1.64. The van der Waals surface area contributed by atoms with E-state index in [9.17, 15) is 4.79 Å². The largest absolute Gasteiger partial charge is 0.501 e. The maximum atomic E-state index is 11.6. The molecule has 2 heteroatoms. The number of unbranched alkanes of at least 4 members (excludes halogenated alkanes) is 3. The highest BCUT2D eigenvalue weighted by atomic mass is 16.5. The van der Waals surface area contributed by atoms with E-state index in [2.05, 4.69) is 6.92 Å². The van der Waals surface area contributed by atoms with Crippen LogP contribution in [0, 0.1) is 0 Å². The molecule has 0 radical (unpaired) electrons. The molecule has 0 aromatic heterocycles. The average molecular weight is 196 g/mol. The Hall–Kier alpha value is -0.790. The van der Waals surface area contributed by atoms with Crippen LogP contribution in [0.2, 0.25) is 0 Å². The minimum Gasteiger partial charge on any atom is -0.501 e. The molecule has 0 saturated carbocycles. The zero-order chi connectivity index (χ0) is 10.2. The van der Waals surface area contributed by atoms with Crippen molar-refractivity contribution in [1.29, 1.82) is 0 Å². The van der Waals surface area contributed by atoms with E-state index in [1.165, 1.54) is 19.3 Å². The van der Waals surface area contributed by atoms with E-state index in [1.54, 1.807) is 6.26 Å². The maximum Gasteiger partial charge on any atom is 0.161 e. The lowest BCUT2D eigenvalue weighted by Gasteiger charge is -2.12. The number of allylic oxidation sites excluding steroid dienone is 1. The summed E-state index contributed by atoms with van der Waals surface area (Å²) in [5.41, 5.74) is 0.896. The Kier molecular flexibility index (Phi) is 5.35. The molecule has 0 saturated heterocycles. The highest BCUT2D eigenvalue weighted by Gasteiger charge is 2.12. The number of carbonyl (C=O) groups excluding carboxylic acids is 1. The summed E-state index contributed by atoms with van der Waals surface area (Å²) in [5, 5.41) is 0. The van der Waals surface area contributed by atoms with Gasteiger partial charge in [-0.2, -0.15) is 0 Å². The molecule has 1 rings (SSSR count). The minimum atomic E-state index is 0.292. The molecule has 0 aromatic carbocycles. The molecule has 0 fully saturated rings. The van der Waals surface area contributed by atoms with Gasteiger partial charge in [0, 0.05) is 12.0 Å². The number of carbonyl (C=O) groups is 1. The molecule has 0 amide bonds. The second-order valence-corrected chi connectivity index (χ2v) is 3.85. The normalized spacial score (nSPS) is 15.9. The Morgan fingerprint density at radius 1 is 1.43 bits per heavy atom. The molecule has 1 heterocycles. The second-order valence-electron chi connectivity index (χ2n) is 3.85. The molecule has 0 aromatic rings. The van der Waals surface area contributed by atoms with Gasteiger partial charge in [0.2, 0.25) is 0 Å². The van der Waals surface area contributed by atoms with Crippen molar-refractivity contribution in [3.8, 4) is 0 Å². The third-order valence-electron chi connectivity index (χ3n) is 2.55. The predicted molar refractivity (Wildman–Crippen MR) is 57.0 cm³/mol. The van der Waals surface area contributed by atoms with Crippen LogP contribution in [0.5, 0.6) is 0 Å². The van der Waals surface area contributed by atoms with Crippen LogP contribution in [0.25, 0.3) is 0 Å². The van der Waals surface area contributed by atoms with E-state index < -0.39 is 0 Å². The highest BCUT2D eigenvalue weighted by Crippen LogP contribution is 2.16. The Morgan fingerprint density at radius 3 is 2.93 bits per heavy atom. The lowest BCUT2D eigenvalue weighted by atomic mass is 10.0. The van der Waals surface area contributed by atoms with Crippen LogP contribution < -0.4 is 0 Å². The van der Waals surface area contributed by atoms with Gasteiger partial charge in [0.1, 0.15) is 0 Å². The van der Waals surface area contributed by atoms with Crippen molar-refractivity contribution in [3.05, 3.63) is 11.8 Å². The molecule has 14 heavy (non-hydrogen) atoms. The molecule has 0 unspecified atom stereocenters. The van der Waals surface area contributed by atoms with E-state index in [1.807, 2.05) is 0 Å². The van der Waals surface area contributed by atoms with Gasteiger partial charge in [-0.25, -0.2) is 0 Å². The van der Waals surface area contributed by atoms with Crippen LogP contribution in [0.4, 0.5) is 0 Å². The van der Waals surface area contributed by atoms with E-state index in [4.69, 9.17) is 4.74 Å². The number of hydrogen-bond acceptors (Lipinski definition) is 2. The molecule has 2 nitrogen and oxygen atoms in total. The Morgan fingerprint density at radius 2 is 2.29 bits per heavy atom. The fraction of sp³-hybridized carbons (Fsp3) is 0.750. The van der Waals surface area contributed by atoms with Gasteiger partial charge in [0.25, 0.3) is 0 Å². The Labute approximate surface area is 86.3 Å². The molecular formula is C12H20O2. The molecule has 0 atom stereocenters. The Bertz CT molecular complexity index is 206. The number of Topliss-reactive ketones (excluding diaryl/α,β-unsaturated/α-hetero) is 1. The van der Waals surface area contributed by atoms with E-state index in [-0.39, 0.29) is 0 Å². The van der Waals surface area contributed by atoms with Gasteiger partial charge in [0.15, 0.2) is 5.78 Å². The van der Waals surface area contributed by atoms with Crippen molar-refractivity contribution >= 4 is 5.78 Å². The van der Waals surface area contributed by atoms with Crippen LogP contribution >= 0.6 is 0 Å². The second kappa shape index (κ2) is 6.63. The van der Waals surface area contributed by atoms with Gasteiger partial charge in [-0.1, -0.05) is 26.2 Å². The van der Waals surface area contributed by atoms with Crippen LogP contribution in [0.3, 0.4) is 0 Å². The first kappa shape index (κ1) is 11.3. The van der Waals surface area contributed by atoms with Crippen molar-refractivity contribution in [2.24, 2.45) is 0 Å². The monoisotopic (exact) mass is 196 g/mol. The summed E-state index contributed by atoms with van der Waals surface area (Å²) in [5.74, 6) is 0.292. The third kappa shape index (κ3) is 3.95. The lowest BCUT2D eigenvalue weighted by molar-refractivity contribution is -0.116. The van der Waals surface area contributed by atoms with E-state index in [0.29, 0.717) is 12.2 Å². The first-order valence-electron chi connectivity index (χ1n) is 5.68. The standard InChI is InChI=1S/C12H20O2/c1-2-3-4-5-8-12(13)11-7-6-9-14-10-11/h10H,2-9H2,1H3. The first-order valence-corrected chi connectivity index (χ1v) is 5.68. The Balaban J connectivity index is 2.17. The van der Waals surface area contributed by atoms with Crippen molar-refractivity contribution < 1.29 is 9.53 Å². The van der Waals surface area contributed by atoms with Gasteiger partial charge in [-0.3, -0.25) is 4.79 Å². The quantitative estimate of drug-likeness (QED) is 0.610.